The van der Waals surface area contributed by atoms with Crippen LogP contribution in [0.4, 0.5) is 0 Å². The van der Waals surface area contributed by atoms with Gasteiger partial charge in [0.2, 0.25) is 0 Å². The quantitative estimate of drug-likeness (QED) is 0.750. The van der Waals surface area contributed by atoms with Crippen molar-refractivity contribution in [2.24, 2.45) is 0 Å². The molecule has 2 fully saturated rings. The summed E-state index contributed by atoms with van der Waals surface area (Å²) in [7, 11) is 0.912. The molecule has 0 radical (unpaired) electrons. The van der Waals surface area contributed by atoms with Gasteiger partial charge in [-0.15, -0.1) is 0 Å². The predicted molar refractivity (Wildman–Crippen MR) is 115 cm³/mol. The Morgan fingerprint density at radius 2 is 1.68 bits per heavy atom. The maximum atomic E-state index is 12.2. The van der Waals surface area contributed by atoms with E-state index in [1.807, 2.05) is 14.1 Å². The van der Waals surface area contributed by atoms with E-state index in [0.717, 1.165) is 32.5 Å². The van der Waals surface area contributed by atoms with Gasteiger partial charge in [-0.3, -0.25) is 4.90 Å². The SMILES string of the molecule is Cc1ccc(C2(CN(CCN(C)C)C3CS(=O)(=O)CC3O)CCCCC2)cc1. The van der Waals surface area contributed by atoms with Crippen LogP contribution in [0, 0.1) is 6.92 Å². The van der Waals surface area contributed by atoms with Crippen LogP contribution in [0.5, 0.6) is 0 Å². The molecule has 6 heteroatoms. The van der Waals surface area contributed by atoms with Gasteiger partial charge in [0.15, 0.2) is 9.84 Å². The second-order valence-electron chi connectivity index (χ2n) is 9.19. The van der Waals surface area contributed by atoms with Gasteiger partial charge < -0.3 is 10.0 Å². The molecule has 28 heavy (non-hydrogen) atoms. The number of nitrogens with zero attached hydrogens (tertiary/aromatic N) is 2. The molecule has 2 aliphatic rings. The lowest BCUT2D eigenvalue weighted by Crippen LogP contribution is -2.52. The molecule has 0 aromatic heterocycles. The number of hydrogen-bond acceptors (Lipinski definition) is 5. The summed E-state index contributed by atoms with van der Waals surface area (Å²) in [6, 6.07) is 8.59. The van der Waals surface area contributed by atoms with Gasteiger partial charge in [0.1, 0.15) is 0 Å². The lowest BCUT2D eigenvalue weighted by atomic mass is 9.68. The number of aliphatic hydroxyl groups excluding tert-OH is 1. The zero-order chi connectivity index (χ0) is 20.4. The van der Waals surface area contributed by atoms with Gasteiger partial charge in [-0.1, -0.05) is 49.1 Å². The topological polar surface area (TPSA) is 60.9 Å². The lowest BCUT2D eigenvalue weighted by molar-refractivity contribution is 0.0541. The molecule has 1 N–H and O–H groups in total. The first-order chi connectivity index (χ1) is 13.2. The van der Waals surface area contributed by atoms with E-state index in [-0.39, 0.29) is 23.0 Å². The number of hydrogen-bond donors (Lipinski definition) is 1. The van der Waals surface area contributed by atoms with Crippen molar-refractivity contribution in [3.05, 3.63) is 35.4 Å². The number of aryl methyl sites for hydroxylation is 1. The second-order valence-corrected chi connectivity index (χ2v) is 11.3. The first-order valence-corrected chi connectivity index (χ1v) is 12.4. The van der Waals surface area contributed by atoms with Crippen molar-refractivity contribution in [3.63, 3.8) is 0 Å². The molecular weight excluding hydrogens is 372 g/mol. The molecule has 1 saturated heterocycles. The average Bonchev–Trinajstić information content (AvgIpc) is 2.92. The van der Waals surface area contributed by atoms with E-state index in [1.54, 1.807) is 0 Å². The number of likely N-dealkylation sites (N-methyl/N-ethyl adjacent to an activating group) is 1. The molecule has 2 unspecified atom stereocenters. The second kappa shape index (κ2) is 8.82. The molecule has 1 aliphatic carbocycles. The molecule has 158 valence electrons. The van der Waals surface area contributed by atoms with Crippen LogP contribution >= 0.6 is 0 Å². The van der Waals surface area contributed by atoms with Crippen molar-refractivity contribution in [1.29, 1.82) is 0 Å². The van der Waals surface area contributed by atoms with Crippen LogP contribution in [0.15, 0.2) is 24.3 Å². The minimum Gasteiger partial charge on any atom is -0.390 e. The first-order valence-electron chi connectivity index (χ1n) is 10.6. The van der Waals surface area contributed by atoms with Crippen LogP contribution in [0.25, 0.3) is 0 Å². The summed E-state index contributed by atoms with van der Waals surface area (Å²) in [5.74, 6) is -0.0285. The standard InChI is InChI=1S/C22H36N2O3S/c1-18-7-9-19(10-8-18)22(11-5-4-6-12-22)17-24(14-13-23(2)3)20-15-28(26,27)16-21(20)25/h7-10,20-21,25H,4-6,11-17H2,1-3H3. The minimum absolute atomic E-state index is 0.0460. The van der Waals surface area contributed by atoms with Crippen molar-refractivity contribution < 1.29 is 13.5 Å². The molecule has 3 rings (SSSR count). The normalized spacial score (nSPS) is 26.8. The Kier molecular flexibility index (Phi) is 6.85. The predicted octanol–water partition coefficient (Wildman–Crippen LogP) is 2.22. The van der Waals surface area contributed by atoms with Crippen LogP contribution in [0.3, 0.4) is 0 Å². The third-order valence-electron chi connectivity index (χ3n) is 6.58. The molecular formula is C22H36N2O3S. The van der Waals surface area contributed by atoms with Gasteiger partial charge in [0, 0.05) is 25.0 Å². The van der Waals surface area contributed by atoms with Gasteiger partial charge in [-0.2, -0.15) is 0 Å². The molecule has 1 heterocycles. The van der Waals surface area contributed by atoms with Crippen LogP contribution in [0.1, 0.15) is 43.2 Å². The molecule has 0 amide bonds. The molecule has 2 atom stereocenters. The Hall–Kier alpha value is -0.950. The van der Waals surface area contributed by atoms with Gasteiger partial charge in [-0.25, -0.2) is 8.42 Å². The van der Waals surface area contributed by atoms with Crippen molar-refractivity contribution in [2.45, 2.75) is 56.6 Å². The van der Waals surface area contributed by atoms with Crippen molar-refractivity contribution in [1.82, 2.24) is 9.80 Å². The van der Waals surface area contributed by atoms with Gasteiger partial charge in [0.05, 0.1) is 23.7 Å². The van der Waals surface area contributed by atoms with Gasteiger partial charge >= 0.3 is 0 Å². The van der Waals surface area contributed by atoms with Gasteiger partial charge in [0.25, 0.3) is 0 Å². The Morgan fingerprint density at radius 1 is 1.04 bits per heavy atom. The molecule has 1 saturated carbocycles. The minimum atomic E-state index is -3.16. The fourth-order valence-corrected chi connectivity index (χ4v) is 6.74. The number of aliphatic hydroxyl groups is 1. The highest BCUT2D eigenvalue weighted by atomic mass is 32.2. The van der Waals surface area contributed by atoms with Crippen LogP contribution in [-0.4, -0.2) is 80.7 Å². The monoisotopic (exact) mass is 408 g/mol. The molecule has 1 aliphatic heterocycles. The Bertz CT molecular complexity index is 740. The Balaban J connectivity index is 1.90. The summed E-state index contributed by atoms with van der Waals surface area (Å²) in [6.07, 6.45) is 5.16. The third-order valence-corrected chi connectivity index (χ3v) is 8.28. The largest absolute Gasteiger partial charge is 0.390 e. The van der Waals surface area contributed by atoms with E-state index in [1.165, 1.54) is 30.4 Å². The van der Waals surface area contributed by atoms with Crippen molar-refractivity contribution >= 4 is 9.84 Å². The average molecular weight is 409 g/mol. The summed E-state index contributed by atoms with van der Waals surface area (Å²) >= 11 is 0. The van der Waals surface area contributed by atoms with E-state index < -0.39 is 15.9 Å². The van der Waals surface area contributed by atoms with Crippen LogP contribution < -0.4 is 0 Å². The fourth-order valence-electron chi connectivity index (χ4n) is 4.91. The maximum Gasteiger partial charge on any atom is 0.154 e. The van der Waals surface area contributed by atoms with E-state index in [4.69, 9.17) is 0 Å². The summed E-state index contributed by atoms with van der Waals surface area (Å²) in [6.45, 7) is 4.56. The molecule has 0 bridgehead atoms. The highest BCUT2D eigenvalue weighted by molar-refractivity contribution is 7.91. The maximum absolute atomic E-state index is 12.2. The van der Waals surface area contributed by atoms with E-state index in [2.05, 4.69) is 41.0 Å². The Morgan fingerprint density at radius 3 is 2.21 bits per heavy atom. The van der Waals surface area contributed by atoms with Crippen molar-refractivity contribution in [3.8, 4) is 0 Å². The summed E-state index contributed by atoms with van der Waals surface area (Å²) in [4.78, 5) is 4.41. The van der Waals surface area contributed by atoms with Crippen molar-refractivity contribution in [2.75, 3.05) is 45.2 Å². The fraction of sp³-hybridized carbons (Fsp3) is 0.727. The third kappa shape index (κ3) is 5.15. The highest BCUT2D eigenvalue weighted by Gasteiger charge is 2.43. The molecule has 0 spiro atoms. The summed E-state index contributed by atoms with van der Waals surface area (Å²) < 4.78 is 24.4. The lowest BCUT2D eigenvalue weighted by Gasteiger charge is -2.44. The highest BCUT2D eigenvalue weighted by Crippen LogP contribution is 2.41. The molecule has 1 aromatic carbocycles. The zero-order valence-corrected chi connectivity index (χ0v) is 18.4. The summed E-state index contributed by atoms with van der Waals surface area (Å²) in [5, 5.41) is 10.5. The smallest absolute Gasteiger partial charge is 0.154 e. The zero-order valence-electron chi connectivity index (χ0n) is 17.6. The first kappa shape index (κ1) is 21.8. The molecule has 1 aromatic rings. The molecule has 5 nitrogen and oxygen atoms in total. The van der Waals surface area contributed by atoms with E-state index in [0.29, 0.717) is 0 Å². The van der Waals surface area contributed by atoms with Crippen LogP contribution in [-0.2, 0) is 15.3 Å². The van der Waals surface area contributed by atoms with E-state index in [9.17, 15) is 13.5 Å². The van der Waals surface area contributed by atoms with E-state index >= 15 is 0 Å². The number of benzene rings is 1. The Labute approximate surface area is 170 Å². The number of rotatable bonds is 7. The number of sulfone groups is 1. The summed E-state index contributed by atoms with van der Waals surface area (Å²) in [5.41, 5.74) is 2.67. The van der Waals surface area contributed by atoms with Gasteiger partial charge in [-0.05, 0) is 39.4 Å². The van der Waals surface area contributed by atoms with Crippen LogP contribution in [0.2, 0.25) is 0 Å².